The molecule has 4 rings (SSSR count). The van der Waals surface area contributed by atoms with Crippen LogP contribution in [0.1, 0.15) is 48.0 Å². The molecule has 0 atom stereocenters. The lowest BCUT2D eigenvalue weighted by Gasteiger charge is -2.18. The molecule has 1 heterocycles. The van der Waals surface area contributed by atoms with Gasteiger partial charge in [0.15, 0.2) is 5.76 Å². The summed E-state index contributed by atoms with van der Waals surface area (Å²) in [5, 5.41) is 3.51. The molecule has 3 aromatic carbocycles. The maximum Gasteiger partial charge on any atom is 0.248 e. The third kappa shape index (κ3) is 4.94. The van der Waals surface area contributed by atoms with Crippen LogP contribution in [0, 0.1) is 0 Å². The largest absolute Gasteiger partial charge is 0.497 e. The zero-order valence-corrected chi connectivity index (χ0v) is 19.7. The number of ether oxygens (including phenoxy) is 1. The van der Waals surface area contributed by atoms with Gasteiger partial charge in [0.05, 0.1) is 12.8 Å². The summed E-state index contributed by atoms with van der Waals surface area (Å²) in [7, 11) is 1.57. The van der Waals surface area contributed by atoms with Gasteiger partial charge in [0, 0.05) is 17.0 Å². The molecule has 5 nitrogen and oxygen atoms in total. The van der Waals surface area contributed by atoms with Crippen LogP contribution >= 0.6 is 0 Å². The van der Waals surface area contributed by atoms with Crippen LogP contribution in [0.15, 0.2) is 83.3 Å². The van der Waals surface area contributed by atoms with E-state index >= 15 is 0 Å². The van der Waals surface area contributed by atoms with Crippen LogP contribution in [0.3, 0.4) is 0 Å². The van der Waals surface area contributed by atoms with Gasteiger partial charge in [-0.3, -0.25) is 9.59 Å². The van der Waals surface area contributed by atoms with Crippen molar-refractivity contribution in [3.8, 4) is 5.75 Å². The minimum atomic E-state index is -0.352. The molecule has 0 radical (unpaired) electrons. The highest BCUT2D eigenvalue weighted by Crippen LogP contribution is 2.33. The summed E-state index contributed by atoms with van der Waals surface area (Å²) in [6.07, 6.45) is 3.20. The van der Waals surface area contributed by atoms with E-state index in [1.807, 2.05) is 30.3 Å². The Morgan fingerprint density at radius 3 is 2.24 bits per heavy atom. The van der Waals surface area contributed by atoms with Crippen LogP contribution in [0.5, 0.6) is 5.75 Å². The zero-order valence-electron chi connectivity index (χ0n) is 19.7. The van der Waals surface area contributed by atoms with E-state index in [4.69, 9.17) is 9.15 Å². The van der Waals surface area contributed by atoms with Gasteiger partial charge in [0.1, 0.15) is 11.3 Å². The van der Waals surface area contributed by atoms with Crippen LogP contribution in [0.4, 0.5) is 5.69 Å². The lowest BCUT2D eigenvalue weighted by atomic mass is 9.87. The van der Waals surface area contributed by atoms with Crippen LogP contribution in [0.25, 0.3) is 17.0 Å². The third-order valence-corrected chi connectivity index (χ3v) is 5.61. The second-order valence-corrected chi connectivity index (χ2v) is 9.05. The second kappa shape index (κ2) is 9.40. The topological polar surface area (TPSA) is 68.5 Å². The maximum atomic E-state index is 13.2. The molecule has 4 aromatic rings. The fourth-order valence-corrected chi connectivity index (χ4v) is 3.63. The van der Waals surface area contributed by atoms with Crippen LogP contribution in [-0.2, 0) is 10.2 Å². The van der Waals surface area contributed by atoms with E-state index in [2.05, 4.69) is 38.2 Å². The van der Waals surface area contributed by atoms with Crippen molar-refractivity contribution in [2.75, 3.05) is 12.4 Å². The SMILES string of the molecule is COc1ccc(C(=O)c2oc3ccccc3c2NC(=O)C=Cc2ccc(C(C)(C)C)cc2)cc1. The first-order valence-electron chi connectivity index (χ1n) is 11.1. The van der Waals surface area contributed by atoms with Crippen molar-refractivity contribution in [3.05, 3.63) is 101 Å². The van der Waals surface area contributed by atoms with Crippen molar-refractivity contribution in [3.63, 3.8) is 0 Å². The molecule has 0 aliphatic heterocycles. The van der Waals surface area contributed by atoms with E-state index in [1.54, 1.807) is 43.5 Å². The van der Waals surface area contributed by atoms with Gasteiger partial charge in [-0.15, -0.1) is 0 Å². The number of hydrogen-bond donors (Lipinski definition) is 1. The van der Waals surface area contributed by atoms with E-state index < -0.39 is 0 Å². The summed E-state index contributed by atoms with van der Waals surface area (Å²) < 4.78 is 11.0. The quantitative estimate of drug-likeness (QED) is 0.263. The van der Waals surface area contributed by atoms with E-state index in [9.17, 15) is 9.59 Å². The molecule has 1 aromatic heterocycles. The Morgan fingerprint density at radius 2 is 1.59 bits per heavy atom. The van der Waals surface area contributed by atoms with Crippen LogP contribution < -0.4 is 10.1 Å². The number of nitrogens with one attached hydrogen (secondary N) is 1. The summed E-state index contributed by atoms with van der Waals surface area (Å²) in [6, 6.07) is 22.1. The van der Waals surface area contributed by atoms with Gasteiger partial charge in [-0.25, -0.2) is 0 Å². The Hall–Kier alpha value is -4.12. The fourth-order valence-electron chi connectivity index (χ4n) is 3.63. The van der Waals surface area contributed by atoms with Crippen molar-refractivity contribution in [2.24, 2.45) is 0 Å². The number of furan rings is 1. The molecule has 0 saturated heterocycles. The number of carbonyl (C=O) groups is 2. The van der Waals surface area contributed by atoms with Gasteiger partial charge in [0.2, 0.25) is 11.7 Å². The molecule has 0 aliphatic rings. The normalized spacial score (nSPS) is 11.6. The Kier molecular flexibility index (Phi) is 6.37. The van der Waals surface area contributed by atoms with Gasteiger partial charge < -0.3 is 14.5 Å². The standard InChI is InChI=1S/C29H27NO4/c1-29(2,3)21-14-9-19(10-15-21)11-18-25(31)30-26-23-7-5-6-8-24(23)34-28(26)27(32)20-12-16-22(33-4)17-13-20/h5-18H,1-4H3,(H,30,31). The smallest absolute Gasteiger partial charge is 0.248 e. The first-order valence-corrected chi connectivity index (χ1v) is 11.1. The summed E-state index contributed by atoms with van der Waals surface area (Å²) in [5.74, 6) is 0.0594. The molecular formula is C29H27NO4. The highest BCUT2D eigenvalue weighted by atomic mass is 16.5. The third-order valence-electron chi connectivity index (χ3n) is 5.61. The van der Waals surface area contributed by atoms with Crippen molar-refractivity contribution in [1.82, 2.24) is 0 Å². The lowest BCUT2D eigenvalue weighted by molar-refractivity contribution is -0.111. The molecular weight excluding hydrogens is 426 g/mol. The van der Waals surface area contributed by atoms with Crippen molar-refractivity contribution >= 4 is 34.4 Å². The van der Waals surface area contributed by atoms with Crippen molar-refractivity contribution in [2.45, 2.75) is 26.2 Å². The van der Waals surface area contributed by atoms with E-state index in [0.717, 1.165) is 5.56 Å². The minimum Gasteiger partial charge on any atom is -0.497 e. The van der Waals surface area contributed by atoms with Gasteiger partial charge in [-0.1, -0.05) is 57.2 Å². The summed E-state index contributed by atoms with van der Waals surface area (Å²) >= 11 is 0. The molecule has 0 aliphatic carbocycles. The Bertz CT molecular complexity index is 1350. The van der Waals surface area contributed by atoms with Crippen molar-refractivity contribution < 1.29 is 18.7 Å². The average Bonchev–Trinajstić information content (AvgIpc) is 3.20. The number of amides is 1. The summed E-state index contributed by atoms with van der Waals surface area (Å²) in [4.78, 5) is 26.0. The van der Waals surface area contributed by atoms with Gasteiger partial charge in [-0.2, -0.15) is 0 Å². The Labute approximate surface area is 199 Å². The zero-order chi connectivity index (χ0) is 24.3. The molecule has 0 spiro atoms. The number of fused-ring (bicyclic) bond motifs is 1. The number of methoxy groups -OCH3 is 1. The maximum absolute atomic E-state index is 13.2. The molecule has 34 heavy (non-hydrogen) atoms. The molecule has 0 fully saturated rings. The molecule has 172 valence electrons. The van der Waals surface area contributed by atoms with E-state index in [-0.39, 0.29) is 22.9 Å². The predicted molar refractivity (Wildman–Crippen MR) is 135 cm³/mol. The Balaban J connectivity index is 1.60. The lowest BCUT2D eigenvalue weighted by Crippen LogP contribution is -2.11. The van der Waals surface area contributed by atoms with Crippen LogP contribution in [0.2, 0.25) is 0 Å². The number of para-hydroxylation sites is 1. The molecule has 5 heteroatoms. The number of carbonyl (C=O) groups excluding carboxylic acids is 2. The average molecular weight is 454 g/mol. The van der Waals surface area contributed by atoms with Gasteiger partial charge >= 0.3 is 0 Å². The summed E-state index contributed by atoms with van der Waals surface area (Å²) in [5.41, 5.74) is 3.51. The monoisotopic (exact) mass is 453 g/mol. The van der Waals surface area contributed by atoms with Gasteiger partial charge in [0.25, 0.3) is 0 Å². The molecule has 1 N–H and O–H groups in total. The highest BCUT2D eigenvalue weighted by molar-refractivity contribution is 6.18. The second-order valence-electron chi connectivity index (χ2n) is 9.05. The number of anilines is 1. The van der Waals surface area contributed by atoms with E-state index in [0.29, 0.717) is 28.0 Å². The number of rotatable bonds is 6. The van der Waals surface area contributed by atoms with Crippen LogP contribution in [-0.4, -0.2) is 18.8 Å². The molecule has 1 amide bonds. The summed E-state index contributed by atoms with van der Waals surface area (Å²) in [6.45, 7) is 6.47. The number of ketones is 1. The first-order chi connectivity index (χ1) is 16.3. The molecule has 0 bridgehead atoms. The number of hydrogen-bond acceptors (Lipinski definition) is 4. The van der Waals surface area contributed by atoms with E-state index in [1.165, 1.54) is 11.6 Å². The first kappa shape index (κ1) is 23.1. The minimum absolute atomic E-state index is 0.0643. The molecule has 0 saturated carbocycles. The number of benzene rings is 3. The highest BCUT2D eigenvalue weighted by Gasteiger charge is 2.23. The predicted octanol–water partition coefficient (Wildman–Crippen LogP) is 6.62. The molecule has 0 unspecified atom stereocenters. The van der Waals surface area contributed by atoms with Crippen molar-refractivity contribution in [1.29, 1.82) is 0 Å². The van der Waals surface area contributed by atoms with Gasteiger partial charge in [-0.05, 0) is 59.0 Å². The fraction of sp³-hybridized carbons (Fsp3) is 0.172. The Morgan fingerprint density at radius 1 is 0.912 bits per heavy atom.